The standard InChI is InChI=1S/C13H9N3O5S2/c17-16(18)10-4-1-3-9(7-10)11-8-21-13(14-11)15-23(19,20)12-5-2-6-22-12/h1-8H,(H,14,15). The van der Waals surface area contributed by atoms with Crippen LogP contribution in [0, 0.1) is 10.1 Å². The molecule has 0 radical (unpaired) electrons. The first-order valence-corrected chi connectivity index (χ1v) is 8.59. The van der Waals surface area contributed by atoms with E-state index in [0.717, 1.165) is 11.3 Å². The molecule has 0 saturated carbocycles. The number of non-ortho nitro benzene ring substituents is 1. The summed E-state index contributed by atoms with van der Waals surface area (Å²) < 4.78 is 31.6. The molecule has 0 fully saturated rings. The van der Waals surface area contributed by atoms with Crippen molar-refractivity contribution in [3.63, 3.8) is 0 Å². The van der Waals surface area contributed by atoms with E-state index in [0.29, 0.717) is 5.56 Å². The van der Waals surface area contributed by atoms with Crippen LogP contribution in [0.25, 0.3) is 11.3 Å². The summed E-state index contributed by atoms with van der Waals surface area (Å²) >= 11 is 1.06. The van der Waals surface area contributed by atoms with Crippen molar-refractivity contribution in [3.8, 4) is 11.3 Å². The van der Waals surface area contributed by atoms with E-state index >= 15 is 0 Å². The average molecular weight is 351 g/mol. The highest BCUT2D eigenvalue weighted by atomic mass is 32.2. The van der Waals surface area contributed by atoms with Gasteiger partial charge in [-0.15, -0.1) is 11.3 Å². The van der Waals surface area contributed by atoms with Crippen molar-refractivity contribution in [2.75, 3.05) is 4.72 Å². The number of anilines is 1. The number of benzene rings is 1. The Hall–Kier alpha value is -2.72. The minimum absolute atomic E-state index is 0.0915. The van der Waals surface area contributed by atoms with Crippen LogP contribution in [0.15, 0.2) is 56.7 Å². The minimum Gasteiger partial charge on any atom is -0.431 e. The number of nitro benzene ring substituents is 1. The van der Waals surface area contributed by atoms with Crippen molar-refractivity contribution in [2.24, 2.45) is 0 Å². The average Bonchev–Trinajstić information content (AvgIpc) is 3.18. The first-order chi connectivity index (χ1) is 11.0. The first-order valence-electron chi connectivity index (χ1n) is 6.22. The van der Waals surface area contributed by atoms with E-state index in [4.69, 9.17) is 4.42 Å². The van der Waals surface area contributed by atoms with Crippen LogP contribution in [0.2, 0.25) is 0 Å². The molecule has 23 heavy (non-hydrogen) atoms. The molecule has 3 rings (SSSR count). The molecule has 1 N–H and O–H groups in total. The second kappa shape index (κ2) is 5.82. The molecule has 0 amide bonds. The molecule has 0 aliphatic carbocycles. The van der Waals surface area contributed by atoms with Gasteiger partial charge < -0.3 is 4.42 Å². The third kappa shape index (κ3) is 3.22. The van der Waals surface area contributed by atoms with Crippen molar-refractivity contribution in [2.45, 2.75) is 4.21 Å². The number of aromatic nitrogens is 1. The predicted molar refractivity (Wildman–Crippen MR) is 83.7 cm³/mol. The molecular weight excluding hydrogens is 342 g/mol. The molecule has 3 aromatic rings. The Morgan fingerprint density at radius 1 is 1.26 bits per heavy atom. The fraction of sp³-hybridized carbons (Fsp3) is 0. The Bertz CT molecular complexity index is 948. The zero-order valence-corrected chi connectivity index (χ0v) is 13.0. The fourth-order valence-corrected chi connectivity index (χ4v) is 3.74. The summed E-state index contributed by atoms with van der Waals surface area (Å²) in [6, 6.07) is 8.67. The van der Waals surface area contributed by atoms with Gasteiger partial charge in [-0.25, -0.2) is 13.1 Å². The van der Waals surface area contributed by atoms with Gasteiger partial charge in [-0.05, 0) is 11.4 Å². The zero-order valence-electron chi connectivity index (χ0n) is 11.4. The number of oxazole rings is 1. The van der Waals surface area contributed by atoms with Crippen molar-refractivity contribution in [1.29, 1.82) is 0 Å². The van der Waals surface area contributed by atoms with Crippen LogP contribution >= 0.6 is 11.3 Å². The van der Waals surface area contributed by atoms with Gasteiger partial charge in [0.25, 0.3) is 15.7 Å². The van der Waals surface area contributed by atoms with Crippen LogP contribution in [0.4, 0.5) is 11.7 Å². The highest BCUT2D eigenvalue weighted by molar-refractivity contribution is 7.94. The van der Waals surface area contributed by atoms with E-state index in [2.05, 4.69) is 9.71 Å². The van der Waals surface area contributed by atoms with Gasteiger partial charge in [0.15, 0.2) is 0 Å². The molecule has 0 spiro atoms. The number of thiophene rings is 1. The van der Waals surface area contributed by atoms with Crippen LogP contribution in [-0.4, -0.2) is 18.3 Å². The van der Waals surface area contributed by atoms with Crippen molar-refractivity contribution < 1.29 is 17.8 Å². The van der Waals surface area contributed by atoms with E-state index in [9.17, 15) is 18.5 Å². The second-order valence-corrected chi connectivity index (χ2v) is 7.24. The van der Waals surface area contributed by atoms with E-state index in [1.54, 1.807) is 17.5 Å². The molecule has 0 atom stereocenters. The molecule has 0 aliphatic heterocycles. The normalized spacial score (nSPS) is 11.3. The van der Waals surface area contributed by atoms with E-state index in [1.807, 2.05) is 0 Å². The maximum absolute atomic E-state index is 12.1. The van der Waals surface area contributed by atoms with Crippen molar-refractivity contribution >= 4 is 33.1 Å². The lowest BCUT2D eigenvalue weighted by Crippen LogP contribution is -2.11. The smallest absolute Gasteiger partial charge is 0.309 e. The molecule has 118 valence electrons. The molecular formula is C13H9N3O5S2. The molecule has 1 aromatic carbocycles. The van der Waals surface area contributed by atoms with Crippen molar-refractivity contribution in [3.05, 3.63) is 58.2 Å². The Morgan fingerprint density at radius 2 is 2.09 bits per heavy atom. The number of sulfonamides is 1. The quantitative estimate of drug-likeness (QED) is 0.558. The molecule has 8 nitrogen and oxygen atoms in total. The summed E-state index contributed by atoms with van der Waals surface area (Å²) in [5, 5.41) is 12.4. The van der Waals surface area contributed by atoms with Crippen LogP contribution in [0.1, 0.15) is 0 Å². The van der Waals surface area contributed by atoms with Gasteiger partial charge in [-0.1, -0.05) is 18.2 Å². The van der Waals surface area contributed by atoms with Crippen molar-refractivity contribution in [1.82, 2.24) is 4.98 Å². The lowest BCUT2D eigenvalue weighted by Gasteiger charge is -2.00. The Labute approximate surface area is 134 Å². The molecule has 10 heteroatoms. The fourth-order valence-electron chi connectivity index (χ4n) is 1.81. The van der Waals surface area contributed by atoms with Gasteiger partial charge in [0.05, 0.1) is 4.92 Å². The first kappa shape index (κ1) is 15.2. The summed E-state index contributed by atoms with van der Waals surface area (Å²) in [6.45, 7) is 0. The summed E-state index contributed by atoms with van der Waals surface area (Å²) in [5.41, 5.74) is 0.647. The second-order valence-electron chi connectivity index (χ2n) is 4.38. The monoisotopic (exact) mass is 351 g/mol. The molecule has 2 heterocycles. The minimum atomic E-state index is -3.76. The number of nitrogens with zero attached hydrogens (tertiary/aromatic N) is 2. The Balaban J connectivity index is 1.87. The summed E-state index contributed by atoms with van der Waals surface area (Å²) in [5.74, 6) is 0. The molecule has 2 aromatic heterocycles. The van der Waals surface area contributed by atoms with Gasteiger partial charge in [0.2, 0.25) is 0 Å². The molecule has 0 saturated heterocycles. The number of rotatable bonds is 5. The van der Waals surface area contributed by atoms with Gasteiger partial charge in [-0.2, -0.15) is 4.98 Å². The number of nitro groups is 1. The topological polar surface area (TPSA) is 115 Å². The summed E-state index contributed by atoms with van der Waals surface area (Å²) in [4.78, 5) is 14.3. The highest BCUT2D eigenvalue weighted by Crippen LogP contribution is 2.26. The third-order valence-electron chi connectivity index (χ3n) is 2.84. The van der Waals surface area contributed by atoms with Crippen LogP contribution in [0.3, 0.4) is 0 Å². The largest absolute Gasteiger partial charge is 0.431 e. The molecule has 0 unspecified atom stereocenters. The van der Waals surface area contributed by atoms with Crippen LogP contribution in [0.5, 0.6) is 0 Å². The van der Waals surface area contributed by atoms with E-state index in [1.165, 1.54) is 30.5 Å². The van der Waals surface area contributed by atoms with Gasteiger partial charge in [0, 0.05) is 17.7 Å². The molecule has 0 bridgehead atoms. The zero-order chi connectivity index (χ0) is 16.4. The Kier molecular flexibility index (Phi) is 3.84. The highest BCUT2D eigenvalue weighted by Gasteiger charge is 2.19. The van der Waals surface area contributed by atoms with Gasteiger partial charge in [0.1, 0.15) is 16.2 Å². The van der Waals surface area contributed by atoms with Gasteiger partial charge >= 0.3 is 6.01 Å². The summed E-state index contributed by atoms with van der Waals surface area (Å²) in [7, 11) is -3.76. The van der Waals surface area contributed by atoms with E-state index < -0.39 is 14.9 Å². The number of nitrogens with one attached hydrogen (secondary N) is 1. The SMILES string of the molecule is O=[N+]([O-])c1cccc(-c2coc(NS(=O)(=O)c3cccs3)n2)c1. The predicted octanol–water partition coefficient (Wildman–Crippen LogP) is 3.11. The van der Waals surface area contributed by atoms with Crippen LogP contribution in [-0.2, 0) is 10.0 Å². The lowest BCUT2D eigenvalue weighted by molar-refractivity contribution is -0.384. The van der Waals surface area contributed by atoms with E-state index in [-0.39, 0.29) is 21.6 Å². The van der Waals surface area contributed by atoms with Gasteiger partial charge in [-0.3, -0.25) is 10.1 Å². The maximum atomic E-state index is 12.1. The lowest BCUT2D eigenvalue weighted by atomic mass is 10.1. The third-order valence-corrected chi connectivity index (χ3v) is 5.56. The Morgan fingerprint density at radius 3 is 2.78 bits per heavy atom. The maximum Gasteiger partial charge on any atom is 0.309 e. The van der Waals surface area contributed by atoms with Crippen LogP contribution < -0.4 is 4.72 Å². The summed E-state index contributed by atoms with van der Waals surface area (Å²) in [6.07, 6.45) is 1.23. The molecule has 0 aliphatic rings. The number of hydrogen-bond donors (Lipinski definition) is 1. The number of hydrogen-bond acceptors (Lipinski definition) is 7.